The van der Waals surface area contributed by atoms with Crippen LogP contribution in [-0.2, 0) is 16.1 Å². The van der Waals surface area contributed by atoms with Crippen LogP contribution in [0.5, 0.6) is 0 Å². The maximum Gasteiger partial charge on any atom is 0.225 e. The molecular formula is C18H24ClN3O2. The molecule has 0 atom stereocenters. The van der Waals surface area contributed by atoms with Crippen molar-refractivity contribution in [1.82, 2.24) is 14.7 Å². The summed E-state index contributed by atoms with van der Waals surface area (Å²) in [7, 11) is 0. The van der Waals surface area contributed by atoms with Crippen molar-refractivity contribution in [2.75, 3.05) is 39.3 Å². The summed E-state index contributed by atoms with van der Waals surface area (Å²) in [5.74, 6) is 0.404. The number of nitrogens with zero attached hydrogens (tertiary/aromatic N) is 3. The van der Waals surface area contributed by atoms with Gasteiger partial charge in [0, 0.05) is 43.7 Å². The number of carbonyl (C=O) groups is 2. The average Bonchev–Trinajstić information content (AvgIpc) is 2.64. The second-order valence-electron chi connectivity index (χ2n) is 6.64. The maximum absolute atomic E-state index is 12.6. The van der Waals surface area contributed by atoms with Crippen molar-refractivity contribution < 1.29 is 9.59 Å². The number of halogens is 1. The monoisotopic (exact) mass is 349 g/mol. The van der Waals surface area contributed by atoms with E-state index in [4.69, 9.17) is 11.6 Å². The number of carbonyl (C=O) groups excluding carboxylic acids is 2. The Morgan fingerprint density at radius 2 is 1.67 bits per heavy atom. The van der Waals surface area contributed by atoms with Crippen LogP contribution in [0.4, 0.5) is 0 Å². The van der Waals surface area contributed by atoms with Crippen LogP contribution in [0.2, 0.25) is 5.02 Å². The van der Waals surface area contributed by atoms with Crippen molar-refractivity contribution in [2.24, 2.45) is 5.92 Å². The Hall–Kier alpha value is -1.59. The first kappa shape index (κ1) is 17.2. The van der Waals surface area contributed by atoms with Gasteiger partial charge in [0.2, 0.25) is 12.3 Å². The first-order chi connectivity index (χ1) is 11.7. The van der Waals surface area contributed by atoms with Crippen LogP contribution in [0.15, 0.2) is 24.3 Å². The molecule has 2 amide bonds. The van der Waals surface area contributed by atoms with E-state index in [1.54, 1.807) is 4.90 Å². The highest BCUT2D eigenvalue weighted by Crippen LogP contribution is 2.22. The van der Waals surface area contributed by atoms with Gasteiger partial charge in [-0.2, -0.15) is 0 Å². The quantitative estimate of drug-likeness (QED) is 0.779. The zero-order valence-corrected chi connectivity index (χ0v) is 14.6. The fourth-order valence-electron chi connectivity index (χ4n) is 3.49. The second-order valence-corrected chi connectivity index (χ2v) is 7.08. The molecule has 2 saturated heterocycles. The summed E-state index contributed by atoms with van der Waals surface area (Å²) in [6.45, 7) is 5.47. The third-order valence-electron chi connectivity index (χ3n) is 5.03. The SMILES string of the molecule is O=CN1CCN(C(=O)C2CCN(Cc3ccc(Cl)cc3)CC2)CC1. The fraction of sp³-hybridized carbons (Fsp3) is 0.556. The van der Waals surface area contributed by atoms with Gasteiger partial charge < -0.3 is 9.80 Å². The lowest BCUT2D eigenvalue weighted by Crippen LogP contribution is -2.51. The van der Waals surface area contributed by atoms with Crippen molar-refractivity contribution in [3.05, 3.63) is 34.9 Å². The first-order valence-corrected chi connectivity index (χ1v) is 8.98. The molecule has 0 aromatic heterocycles. The zero-order valence-electron chi connectivity index (χ0n) is 13.9. The third kappa shape index (κ3) is 4.28. The summed E-state index contributed by atoms with van der Waals surface area (Å²) in [4.78, 5) is 29.5. The fourth-order valence-corrected chi connectivity index (χ4v) is 3.62. The molecule has 0 bridgehead atoms. The molecule has 1 aromatic rings. The van der Waals surface area contributed by atoms with Gasteiger partial charge in [0.15, 0.2) is 0 Å². The van der Waals surface area contributed by atoms with Crippen LogP contribution in [-0.4, -0.2) is 66.3 Å². The van der Waals surface area contributed by atoms with Crippen LogP contribution >= 0.6 is 11.6 Å². The van der Waals surface area contributed by atoms with E-state index in [9.17, 15) is 9.59 Å². The number of piperazine rings is 1. The van der Waals surface area contributed by atoms with E-state index in [-0.39, 0.29) is 11.8 Å². The lowest BCUT2D eigenvalue weighted by Gasteiger charge is -2.37. The van der Waals surface area contributed by atoms with E-state index in [0.29, 0.717) is 26.2 Å². The Kier molecular flexibility index (Phi) is 5.74. The van der Waals surface area contributed by atoms with Gasteiger partial charge in [-0.25, -0.2) is 0 Å². The molecular weight excluding hydrogens is 326 g/mol. The molecule has 5 nitrogen and oxygen atoms in total. The lowest BCUT2D eigenvalue weighted by molar-refractivity contribution is -0.140. The van der Waals surface area contributed by atoms with Gasteiger partial charge in [0.1, 0.15) is 0 Å². The van der Waals surface area contributed by atoms with Crippen molar-refractivity contribution in [3.8, 4) is 0 Å². The summed E-state index contributed by atoms with van der Waals surface area (Å²) in [6, 6.07) is 7.97. The maximum atomic E-state index is 12.6. The van der Waals surface area contributed by atoms with Gasteiger partial charge in [-0.3, -0.25) is 14.5 Å². The Bertz CT molecular complexity index is 562. The summed E-state index contributed by atoms with van der Waals surface area (Å²) in [5, 5.41) is 0.762. The number of benzene rings is 1. The van der Waals surface area contributed by atoms with Crippen LogP contribution in [0, 0.1) is 5.92 Å². The Balaban J connectivity index is 1.45. The van der Waals surface area contributed by atoms with Gasteiger partial charge in [0.05, 0.1) is 0 Å². The minimum absolute atomic E-state index is 0.134. The molecule has 1 aromatic carbocycles. The van der Waals surface area contributed by atoms with Crippen LogP contribution < -0.4 is 0 Å². The minimum Gasteiger partial charge on any atom is -0.342 e. The molecule has 6 heteroatoms. The molecule has 2 heterocycles. The highest BCUT2D eigenvalue weighted by molar-refractivity contribution is 6.30. The van der Waals surface area contributed by atoms with Crippen LogP contribution in [0.1, 0.15) is 18.4 Å². The number of hydrogen-bond acceptors (Lipinski definition) is 3. The molecule has 0 saturated carbocycles. The molecule has 2 aliphatic rings. The van der Waals surface area contributed by atoms with E-state index in [2.05, 4.69) is 17.0 Å². The number of amides is 2. The van der Waals surface area contributed by atoms with E-state index in [0.717, 1.165) is 43.9 Å². The minimum atomic E-state index is 0.134. The van der Waals surface area contributed by atoms with Crippen molar-refractivity contribution >= 4 is 23.9 Å². The molecule has 0 aliphatic carbocycles. The molecule has 3 rings (SSSR count). The van der Waals surface area contributed by atoms with E-state index >= 15 is 0 Å². The molecule has 0 N–H and O–H groups in total. The largest absolute Gasteiger partial charge is 0.342 e. The molecule has 0 spiro atoms. The molecule has 24 heavy (non-hydrogen) atoms. The Morgan fingerprint density at radius 1 is 1.04 bits per heavy atom. The number of rotatable bonds is 4. The van der Waals surface area contributed by atoms with Crippen molar-refractivity contribution in [1.29, 1.82) is 0 Å². The molecule has 0 unspecified atom stereocenters. The second kappa shape index (κ2) is 7.99. The molecule has 0 radical (unpaired) electrons. The van der Waals surface area contributed by atoms with Gasteiger partial charge in [-0.15, -0.1) is 0 Å². The molecule has 130 valence electrons. The van der Waals surface area contributed by atoms with Gasteiger partial charge in [0.25, 0.3) is 0 Å². The zero-order chi connectivity index (χ0) is 16.9. The first-order valence-electron chi connectivity index (χ1n) is 8.60. The van der Waals surface area contributed by atoms with Gasteiger partial charge in [-0.1, -0.05) is 23.7 Å². The van der Waals surface area contributed by atoms with E-state index in [1.807, 2.05) is 17.0 Å². The van der Waals surface area contributed by atoms with Crippen molar-refractivity contribution in [3.63, 3.8) is 0 Å². The summed E-state index contributed by atoms with van der Waals surface area (Å²) >= 11 is 5.92. The highest BCUT2D eigenvalue weighted by Gasteiger charge is 2.30. The van der Waals surface area contributed by atoms with E-state index < -0.39 is 0 Å². The van der Waals surface area contributed by atoms with E-state index in [1.165, 1.54) is 5.56 Å². The average molecular weight is 350 g/mol. The smallest absolute Gasteiger partial charge is 0.225 e. The standard InChI is InChI=1S/C18H24ClN3O2/c19-17-3-1-15(2-4-17)13-20-7-5-16(6-8-20)18(24)22-11-9-21(14-23)10-12-22/h1-4,14,16H,5-13H2. The molecule has 2 aliphatic heterocycles. The van der Waals surface area contributed by atoms with Crippen LogP contribution in [0.3, 0.4) is 0 Å². The Morgan fingerprint density at radius 3 is 2.25 bits per heavy atom. The topological polar surface area (TPSA) is 43.9 Å². The van der Waals surface area contributed by atoms with Crippen molar-refractivity contribution in [2.45, 2.75) is 19.4 Å². The number of piperidine rings is 1. The summed E-state index contributed by atoms with van der Waals surface area (Å²) in [5.41, 5.74) is 1.26. The van der Waals surface area contributed by atoms with Gasteiger partial charge in [-0.05, 0) is 43.6 Å². The predicted octanol–water partition coefficient (Wildman–Crippen LogP) is 1.85. The lowest BCUT2D eigenvalue weighted by atomic mass is 9.94. The van der Waals surface area contributed by atoms with Crippen LogP contribution in [0.25, 0.3) is 0 Å². The summed E-state index contributed by atoms with van der Waals surface area (Å²) in [6.07, 6.45) is 2.71. The Labute approximate surface area is 148 Å². The summed E-state index contributed by atoms with van der Waals surface area (Å²) < 4.78 is 0. The normalized spacial score (nSPS) is 20.2. The third-order valence-corrected chi connectivity index (χ3v) is 5.28. The number of hydrogen-bond donors (Lipinski definition) is 0. The molecule has 2 fully saturated rings. The number of likely N-dealkylation sites (tertiary alicyclic amines) is 1. The predicted molar refractivity (Wildman–Crippen MR) is 93.7 cm³/mol. The van der Waals surface area contributed by atoms with Gasteiger partial charge >= 0.3 is 0 Å². The highest BCUT2D eigenvalue weighted by atomic mass is 35.5.